The van der Waals surface area contributed by atoms with Gasteiger partial charge in [-0.25, -0.2) is 13.2 Å². The Kier molecular flexibility index (Phi) is 6.03. The number of methoxy groups -OCH3 is 1. The quantitative estimate of drug-likeness (QED) is 0.742. The topological polar surface area (TPSA) is 96.7 Å². The third kappa shape index (κ3) is 4.11. The predicted octanol–water partition coefficient (Wildman–Crippen LogP) is 2.33. The van der Waals surface area contributed by atoms with E-state index in [0.717, 1.165) is 19.3 Å². The van der Waals surface area contributed by atoms with Crippen LogP contribution in [0, 0.1) is 11.3 Å². The van der Waals surface area contributed by atoms with E-state index in [4.69, 9.17) is 14.7 Å². The van der Waals surface area contributed by atoms with Crippen LogP contribution < -0.4 is 4.74 Å². The van der Waals surface area contributed by atoms with Gasteiger partial charge in [-0.2, -0.15) is 9.57 Å². The molecule has 0 amide bonds. The van der Waals surface area contributed by atoms with E-state index in [-0.39, 0.29) is 22.3 Å². The average molecular weight is 366 g/mol. The molecule has 0 aromatic heterocycles. The maximum Gasteiger partial charge on any atom is 0.339 e. The molecule has 1 aromatic carbocycles. The van der Waals surface area contributed by atoms with Crippen molar-refractivity contribution in [2.75, 3.05) is 13.7 Å². The second kappa shape index (κ2) is 7.85. The highest BCUT2D eigenvalue weighted by molar-refractivity contribution is 7.89. The van der Waals surface area contributed by atoms with Crippen LogP contribution in [0.4, 0.5) is 0 Å². The molecule has 0 unspecified atom stereocenters. The molecule has 1 heterocycles. The number of sulfonamides is 1. The minimum atomic E-state index is -3.81. The van der Waals surface area contributed by atoms with Crippen molar-refractivity contribution >= 4 is 16.0 Å². The average Bonchev–Trinajstić information content (AvgIpc) is 2.61. The lowest BCUT2D eigenvalue weighted by atomic mass is 10.1. The lowest BCUT2D eigenvalue weighted by Crippen LogP contribution is -2.42. The zero-order valence-corrected chi connectivity index (χ0v) is 15.4. The molecule has 0 bridgehead atoms. The number of nitriles is 1. The van der Waals surface area contributed by atoms with Gasteiger partial charge in [0.05, 0.1) is 12.7 Å². The summed E-state index contributed by atoms with van der Waals surface area (Å²) in [7, 11) is -2.43. The predicted molar refractivity (Wildman–Crippen MR) is 90.7 cm³/mol. The third-order valence-corrected chi connectivity index (χ3v) is 6.23. The molecule has 8 heteroatoms. The number of ether oxygens (including phenoxy) is 2. The van der Waals surface area contributed by atoms with Gasteiger partial charge in [-0.1, -0.05) is 6.42 Å². The highest BCUT2D eigenvalue weighted by Crippen LogP contribution is 2.31. The summed E-state index contributed by atoms with van der Waals surface area (Å²) < 4.78 is 37.7. The summed E-state index contributed by atoms with van der Waals surface area (Å²) in [5, 5.41) is 8.75. The Balaban J connectivity index is 2.43. The number of benzene rings is 1. The van der Waals surface area contributed by atoms with E-state index in [1.54, 1.807) is 6.07 Å². The van der Waals surface area contributed by atoms with Crippen LogP contribution in [0.25, 0.3) is 0 Å². The largest absolute Gasteiger partial charge is 0.495 e. The summed E-state index contributed by atoms with van der Waals surface area (Å²) in [6.45, 7) is 3.75. The van der Waals surface area contributed by atoms with Gasteiger partial charge < -0.3 is 9.47 Å². The molecule has 1 aliphatic rings. The van der Waals surface area contributed by atoms with Crippen LogP contribution in [-0.4, -0.2) is 44.5 Å². The molecule has 25 heavy (non-hydrogen) atoms. The second-order valence-corrected chi connectivity index (χ2v) is 7.86. The zero-order chi connectivity index (χ0) is 18.6. The standard InChI is InChI=1S/C17H22N2O5S/c1-12-6-4-5-9-19(12)25(21,22)16-10-14(7-8-15(16)23-3)17(20)24-13(2)11-18/h7-8,10,12-13H,4-6,9H2,1-3H3/t12-,13-/m0/s1. The number of rotatable bonds is 5. The summed E-state index contributed by atoms with van der Waals surface area (Å²) >= 11 is 0. The Morgan fingerprint density at radius 2 is 2.12 bits per heavy atom. The van der Waals surface area contributed by atoms with Gasteiger partial charge in [0.2, 0.25) is 10.0 Å². The minimum Gasteiger partial charge on any atom is -0.495 e. The van der Waals surface area contributed by atoms with Crippen LogP contribution in [-0.2, 0) is 14.8 Å². The van der Waals surface area contributed by atoms with Crippen LogP contribution >= 0.6 is 0 Å². The van der Waals surface area contributed by atoms with Crippen LogP contribution in [0.3, 0.4) is 0 Å². The molecular weight excluding hydrogens is 344 g/mol. The Labute approximate surface area is 148 Å². The Morgan fingerprint density at radius 1 is 1.40 bits per heavy atom. The summed E-state index contributed by atoms with van der Waals surface area (Å²) in [6, 6.07) is 5.78. The highest BCUT2D eigenvalue weighted by atomic mass is 32.2. The summed E-state index contributed by atoms with van der Waals surface area (Å²) in [5.41, 5.74) is 0.0612. The number of carbonyl (C=O) groups is 1. The monoisotopic (exact) mass is 366 g/mol. The van der Waals surface area contributed by atoms with Crippen molar-refractivity contribution in [2.24, 2.45) is 0 Å². The van der Waals surface area contributed by atoms with Crippen molar-refractivity contribution < 1.29 is 22.7 Å². The van der Waals surface area contributed by atoms with Crippen molar-refractivity contribution in [1.29, 1.82) is 5.26 Å². The van der Waals surface area contributed by atoms with Crippen molar-refractivity contribution in [2.45, 2.75) is 50.2 Å². The van der Waals surface area contributed by atoms with Crippen LogP contribution in [0.5, 0.6) is 5.75 Å². The Hall–Kier alpha value is -2.11. The zero-order valence-electron chi connectivity index (χ0n) is 14.6. The number of esters is 1. The van der Waals surface area contributed by atoms with Gasteiger partial charge >= 0.3 is 5.97 Å². The molecular formula is C17H22N2O5S. The van der Waals surface area contributed by atoms with Crippen LogP contribution in [0.2, 0.25) is 0 Å². The summed E-state index contributed by atoms with van der Waals surface area (Å²) in [6.07, 6.45) is 1.66. The van der Waals surface area contributed by atoms with E-state index in [0.29, 0.717) is 6.54 Å². The number of carbonyl (C=O) groups excluding carboxylic acids is 1. The molecule has 0 spiro atoms. The molecule has 1 saturated heterocycles. The normalized spacial score (nSPS) is 19.7. The fraction of sp³-hybridized carbons (Fsp3) is 0.529. The summed E-state index contributed by atoms with van der Waals surface area (Å²) in [4.78, 5) is 12.0. The maximum absolute atomic E-state index is 13.1. The van der Waals surface area contributed by atoms with Crippen molar-refractivity contribution in [3.8, 4) is 11.8 Å². The molecule has 0 radical (unpaired) electrons. The van der Waals surface area contributed by atoms with Gasteiger partial charge in [0, 0.05) is 12.6 Å². The molecule has 1 fully saturated rings. The number of nitrogens with zero attached hydrogens (tertiary/aromatic N) is 2. The first-order valence-electron chi connectivity index (χ1n) is 8.11. The lowest BCUT2D eigenvalue weighted by molar-refractivity contribution is 0.0435. The van der Waals surface area contributed by atoms with E-state index in [9.17, 15) is 13.2 Å². The Bertz CT molecular complexity index is 785. The molecule has 136 valence electrons. The first-order valence-corrected chi connectivity index (χ1v) is 9.55. The molecule has 1 aliphatic heterocycles. The molecule has 2 atom stereocenters. The van der Waals surface area contributed by atoms with E-state index < -0.39 is 22.1 Å². The van der Waals surface area contributed by atoms with Gasteiger partial charge in [0.25, 0.3) is 0 Å². The second-order valence-electron chi connectivity index (χ2n) is 6.00. The van der Waals surface area contributed by atoms with E-state index in [1.807, 2.05) is 6.92 Å². The van der Waals surface area contributed by atoms with E-state index in [2.05, 4.69) is 0 Å². The van der Waals surface area contributed by atoms with Crippen LogP contribution in [0.15, 0.2) is 23.1 Å². The first-order chi connectivity index (χ1) is 11.8. The number of piperidine rings is 1. The smallest absolute Gasteiger partial charge is 0.339 e. The van der Waals surface area contributed by atoms with Gasteiger partial charge in [-0.05, 0) is 44.9 Å². The van der Waals surface area contributed by atoms with Gasteiger partial charge in [-0.15, -0.1) is 0 Å². The maximum atomic E-state index is 13.1. The van der Waals surface area contributed by atoms with Crippen molar-refractivity contribution in [3.63, 3.8) is 0 Å². The van der Waals surface area contributed by atoms with Gasteiger partial charge in [0.1, 0.15) is 16.7 Å². The molecule has 0 saturated carbocycles. The minimum absolute atomic E-state index is 0.0612. The first kappa shape index (κ1) is 19.2. The molecule has 1 aromatic rings. The van der Waals surface area contributed by atoms with Crippen molar-refractivity contribution in [1.82, 2.24) is 4.31 Å². The summed E-state index contributed by atoms with van der Waals surface area (Å²) in [5.74, 6) is -0.581. The number of hydrogen-bond donors (Lipinski definition) is 0. The molecule has 7 nitrogen and oxygen atoms in total. The molecule has 2 rings (SSSR count). The number of hydrogen-bond acceptors (Lipinski definition) is 6. The lowest BCUT2D eigenvalue weighted by Gasteiger charge is -2.32. The fourth-order valence-electron chi connectivity index (χ4n) is 2.82. The molecule has 0 aliphatic carbocycles. The fourth-order valence-corrected chi connectivity index (χ4v) is 4.70. The highest BCUT2D eigenvalue weighted by Gasteiger charge is 2.33. The molecule has 0 N–H and O–H groups in total. The Morgan fingerprint density at radius 3 is 2.72 bits per heavy atom. The van der Waals surface area contributed by atoms with E-state index in [1.165, 1.54) is 36.5 Å². The van der Waals surface area contributed by atoms with E-state index >= 15 is 0 Å². The van der Waals surface area contributed by atoms with Crippen LogP contribution in [0.1, 0.15) is 43.5 Å². The van der Waals surface area contributed by atoms with Gasteiger partial charge in [0.15, 0.2) is 6.10 Å². The van der Waals surface area contributed by atoms with Gasteiger partial charge in [-0.3, -0.25) is 0 Å². The van der Waals surface area contributed by atoms with Crippen molar-refractivity contribution in [3.05, 3.63) is 23.8 Å². The SMILES string of the molecule is COc1ccc(C(=O)O[C@@H](C)C#N)cc1S(=O)(=O)N1CCCC[C@@H]1C. The third-order valence-electron chi connectivity index (χ3n) is 4.19.